The van der Waals surface area contributed by atoms with E-state index in [4.69, 9.17) is 20.4 Å². The van der Waals surface area contributed by atoms with Crippen molar-refractivity contribution in [2.24, 2.45) is 0 Å². The molecule has 3 aromatic rings. The van der Waals surface area contributed by atoms with Gasteiger partial charge in [0.25, 0.3) is 5.95 Å². The molecule has 0 atom stereocenters. The molecule has 0 aliphatic rings. The molecule has 0 saturated heterocycles. The van der Waals surface area contributed by atoms with Crippen LogP contribution in [-0.2, 0) is 32.3 Å². The van der Waals surface area contributed by atoms with Crippen molar-refractivity contribution >= 4 is 23.9 Å². The lowest BCUT2D eigenvalue weighted by atomic mass is 10.3. The Morgan fingerprint density at radius 2 is 1.14 bits per heavy atom. The molecule has 0 radical (unpaired) electrons. The standard InChI is InChI=1S/C20H22N8O8/c29-16(30)9-25(10-17(31)32)7-13-2-5-27(23-13)15-1-4-21-20(22-15)28-6-3-14(24-28)8-26(11-18(33)34)12-19(35)36/h1-6H,7-12H2,(H,29,30)(H,31,32)(H,33,34)(H,35,36). The predicted octanol–water partition coefficient (Wildman–Crippen LogP) is -1.21. The van der Waals surface area contributed by atoms with Crippen LogP contribution in [0.3, 0.4) is 0 Å². The third-order valence-electron chi connectivity index (χ3n) is 4.56. The Balaban J connectivity index is 1.74. The Morgan fingerprint density at radius 3 is 1.61 bits per heavy atom. The average molecular weight is 502 g/mol. The number of nitrogens with zero attached hydrogens (tertiary/aromatic N) is 8. The first kappa shape index (κ1) is 25.9. The molecule has 190 valence electrons. The third-order valence-corrected chi connectivity index (χ3v) is 4.56. The fraction of sp³-hybridized carbons (Fsp3) is 0.300. The highest BCUT2D eigenvalue weighted by Crippen LogP contribution is 2.10. The first-order valence-electron chi connectivity index (χ1n) is 10.3. The van der Waals surface area contributed by atoms with Gasteiger partial charge in [0.1, 0.15) is 0 Å². The Labute approximate surface area is 202 Å². The number of aromatic nitrogens is 6. The molecule has 36 heavy (non-hydrogen) atoms. The molecule has 0 saturated carbocycles. The van der Waals surface area contributed by atoms with Gasteiger partial charge in [-0.2, -0.15) is 15.2 Å². The van der Waals surface area contributed by atoms with Gasteiger partial charge >= 0.3 is 23.9 Å². The lowest BCUT2D eigenvalue weighted by Crippen LogP contribution is -2.34. The van der Waals surface area contributed by atoms with Crippen molar-refractivity contribution in [2.75, 3.05) is 26.2 Å². The molecule has 0 amide bonds. The molecule has 16 heteroatoms. The first-order valence-corrected chi connectivity index (χ1v) is 10.3. The van der Waals surface area contributed by atoms with Crippen LogP contribution in [0.4, 0.5) is 0 Å². The number of aliphatic carboxylic acids is 4. The van der Waals surface area contributed by atoms with Gasteiger partial charge in [-0.05, 0) is 12.1 Å². The summed E-state index contributed by atoms with van der Waals surface area (Å²) < 4.78 is 2.75. The normalized spacial score (nSPS) is 11.2. The number of rotatable bonds is 14. The van der Waals surface area contributed by atoms with E-state index >= 15 is 0 Å². The van der Waals surface area contributed by atoms with E-state index in [-0.39, 0.29) is 19.0 Å². The summed E-state index contributed by atoms with van der Waals surface area (Å²) in [7, 11) is 0. The quantitative estimate of drug-likeness (QED) is 0.203. The monoisotopic (exact) mass is 502 g/mol. The van der Waals surface area contributed by atoms with Gasteiger partial charge in [0.05, 0.1) is 37.6 Å². The summed E-state index contributed by atoms with van der Waals surface area (Å²) in [5.74, 6) is -4.15. The molecule has 4 N–H and O–H groups in total. The van der Waals surface area contributed by atoms with Gasteiger partial charge in [0.2, 0.25) is 0 Å². The Kier molecular flexibility index (Phi) is 8.37. The van der Waals surface area contributed by atoms with Crippen LogP contribution in [0.25, 0.3) is 11.8 Å². The lowest BCUT2D eigenvalue weighted by molar-refractivity contribution is -0.144. The van der Waals surface area contributed by atoms with Crippen molar-refractivity contribution in [2.45, 2.75) is 13.1 Å². The second-order valence-electron chi connectivity index (χ2n) is 7.58. The van der Waals surface area contributed by atoms with Gasteiger partial charge in [0, 0.05) is 37.7 Å². The molecule has 0 fully saturated rings. The molecule has 3 rings (SSSR count). The zero-order chi connectivity index (χ0) is 26.2. The summed E-state index contributed by atoms with van der Waals surface area (Å²) in [4.78, 5) is 54.9. The van der Waals surface area contributed by atoms with E-state index in [2.05, 4.69) is 20.2 Å². The summed E-state index contributed by atoms with van der Waals surface area (Å²) in [6.45, 7) is -1.89. The minimum Gasteiger partial charge on any atom is -0.480 e. The second-order valence-corrected chi connectivity index (χ2v) is 7.58. The second kappa shape index (κ2) is 11.6. The van der Waals surface area contributed by atoms with Crippen LogP contribution in [0.2, 0.25) is 0 Å². The molecule has 16 nitrogen and oxygen atoms in total. The third kappa shape index (κ3) is 7.67. The molecule has 0 aromatic carbocycles. The summed E-state index contributed by atoms with van der Waals surface area (Å²) in [5.41, 5.74) is 0.834. The molecule has 3 heterocycles. The van der Waals surface area contributed by atoms with Gasteiger partial charge in [0.15, 0.2) is 5.82 Å². The molecular formula is C20H22N8O8. The van der Waals surface area contributed by atoms with E-state index in [1.165, 1.54) is 25.4 Å². The highest BCUT2D eigenvalue weighted by Gasteiger charge is 2.17. The van der Waals surface area contributed by atoms with E-state index in [0.29, 0.717) is 17.2 Å². The van der Waals surface area contributed by atoms with Crippen LogP contribution in [0.5, 0.6) is 0 Å². The summed E-state index contributed by atoms with van der Waals surface area (Å²) in [5, 5.41) is 44.5. The molecule has 0 unspecified atom stereocenters. The first-order chi connectivity index (χ1) is 17.1. The lowest BCUT2D eigenvalue weighted by Gasteiger charge is -2.16. The van der Waals surface area contributed by atoms with Crippen molar-refractivity contribution in [3.8, 4) is 11.8 Å². The maximum atomic E-state index is 11.0. The zero-order valence-electron chi connectivity index (χ0n) is 18.7. The van der Waals surface area contributed by atoms with Crippen LogP contribution in [0.15, 0.2) is 36.8 Å². The van der Waals surface area contributed by atoms with Crippen molar-refractivity contribution in [3.63, 3.8) is 0 Å². The van der Waals surface area contributed by atoms with Crippen molar-refractivity contribution in [3.05, 3.63) is 48.2 Å². The van der Waals surface area contributed by atoms with E-state index < -0.39 is 50.1 Å². The molecular weight excluding hydrogens is 480 g/mol. The maximum absolute atomic E-state index is 11.0. The topological polar surface area (TPSA) is 217 Å². The van der Waals surface area contributed by atoms with Crippen molar-refractivity contribution < 1.29 is 39.6 Å². The molecule has 3 aromatic heterocycles. The van der Waals surface area contributed by atoms with Crippen LogP contribution >= 0.6 is 0 Å². The Hall–Kier alpha value is -4.70. The number of carboxylic acids is 4. The number of carbonyl (C=O) groups is 4. The molecule has 0 spiro atoms. The van der Waals surface area contributed by atoms with Crippen LogP contribution in [0.1, 0.15) is 11.4 Å². The van der Waals surface area contributed by atoms with Crippen molar-refractivity contribution in [1.82, 2.24) is 39.3 Å². The van der Waals surface area contributed by atoms with Gasteiger partial charge in [-0.1, -0.05) is 0 Å². The van der Waals surface area contributed by atoms with Gasteiger partial charge < -0.3 is 20.4 Å². The smallest absolute Gasteiger partial charge is 0.317 e. The van der Waals surface area contributed by atoms with E-state index in [1.54, 1.807) is 30.6 Å². The minimum absolute atomic E-state index is 0.00472. The van der Waals surface area contributed by atoms with Crippen LogP contribution in [-0.4, -0.2) is 110 Å². The van der Waals surface area contributed by atoms with Crippen LogP contribution in [0, 0.1) is 0 Å². The largest absolute Gasteiger partial charge is 0.480 e. The fourth-order valence-electron chi connectivity index (χ4n) is 3.27. The number of hydrogen-bond acceptors (Lipinski definition) is 10. The molecule has 0 bridgehead atoms. The maximum Gasteiger partial charge on any atom is 0.317 e. The predicted molar refractivity (Wildman–Crippen MR) is 117 cm³/mol. The van der Waals surface area contributed by atoms with Gasteiger partial charge in [-0.3, -0.25) is 29.0 Å². The SMILES string of the molecule is O=C(O)CN(CC(=O)O)Cc1ccn(-c2ccnc(-n3ccc(CN(CC(=O)O)CC(=O)O)n3)n2)n1. The Morgan fingerprint density at radius 1 is 0.694 bits per heavy atom. The fourth-order valence-corrected chi connectivity index (χ4v) is 3.27. The minimum atomic E-state index is -1.17. The zero-order valence-corrected chi connectivity index (χ0v) is 18.7. The summed E-state index contributed by atoms with van der Waals surface area (Å²) in [6, 6.07) is 4.75. The van der Waals surface area contributed by atoms with E-state index in [0.717, 1.165) is 0 Å². The average Bonchev–Trinajstić information content (AvgIpc) is 3.42. The van der Waals surface area contributed by atoms with Crippen molar-refractivity contribution in [1.29, 1.82) is 0 Å². The highest BCUT2D eigenvalue weighted by molar-refractivity contribution is 5.73. The van der Waals surface area contributed by atoms with E-state index in [1.807, 2.05) is 0 Å². The Bertz CT molecular complexity index is 1130. The number of carboxylic acid groups (broad SMARTS) is 4. The number of hydrogen-bond donors (Lipinski definition) is 4. The van der Waals surface area contributed by atoms with Crippen LogP contribution < -0.4 is 0 Å². The highest BCUT2D eigenvalue weighted by atomic mass is 16.4. The van der Waals surface area contributed by atoms with E-state index in [9.17, 15) is 19.2 Å². The van der Waals surface area contributed by atoms with Gasteiger partial charge in [-0.15, -0.1) is 0 Å². The molecule has 0 aliphatic carbocycles. The molecule has 0 aliphatic heterocycles. The summed E-state index contributed by atoms with van der Waals surface area (Å²) >= 11 is 0. The summed E-state index contributed by atoms with van der Waals surface area (Å²) in [6.07, 6.45) is 4.58. The van der Waals surface area contributed by atoms with Gasteiger partial charge in [-0.25, -0.2) is 14.3 Å².